The number of nitrogens with one attached hydrogen (secondary N) is 1. The van der Waals surface area contributed by atoms with Crippen molar-refractivity contribution in [3.8, 4) is 0 Å². The number of hydrogen-bond acceptors (Lipinski definition) is 5. The van der Waals surface area contributed by atoms with E-state index in [9.17, 15) is 9.59 Å². The number of aromatic carboxylic acids is 1. The smallest absolute Gasteiger partial charge is 0.362 e. The van der Waals surface area contributed by atoms with E-state index >= 15 is 0 Å². The standard InChI is InChI=1S/C12H11N3O3S/c1-7-10(13-12(18)15-14-7)19-6-8-4-2-3-5-9(8)11(16)17/h2-5H,6H2,1H3,(H,16,17)(H,13,15,18). The van der Waals surface area contributed by atoms with Crippen molar-refractivity contribution in [2.24, 2.45) is 0 Å². The van der Waals surface area contributed by atoms with Crippen molar-refractivity contribution in [1.29, 1.82) is 0 Å². The van der Waals surface area contributed by atoms with Gasteiger partial charge in [0.15, 0.2) is 0 Å². The fourth-order valence-corrected chi connectivity index (χ4v) is 2.46. The molecule has 0 saturated carbocycles. The quantitative estimate of drug-likeness (QED) is 0.821. The lowest BCUT2D eigenvalue weighted by Crippen LogP contribution is -2.14. The number of aryl methyl sites for hydroxylation is 1. The second-order valence-electron chi connectivity index (χ2n) is 3.78. The van der Waals surface area contributed by atoms with Crippen LogP contribution in [0.5, 0.6) is 0 Å². The summed E-state index contributed by atoms with van der Waals surface area (Å²) in [5.74, 6) is -0.550. The maximum Gasteiger partial charge on any atom is 0.362 e. The van der Waals surface area contributed by atoms with E-state index in [0.29, 0.717) is 22.0 Å². The van der Waals surface area contributed by atoms with Crippen LogP contribution in [0, 0.1) is 6.92 Å². The van der Waals surface area contributed by atoms with Crippen LogP contribution in [0.1, 0.15) is 21.6 Å². The van der Waals surface area contributed by atoms with Gasteiger partial charge in [-0.2, -0.15) is 10.1 Å². The highest BCUT2D eigenvalue weighted by Crippen LogP contribution is 2.23. The number of carboxylic acids is 1. The zero-order valence-corrected chi connectivity index (χ0v) is 10.9. The number of carboxylic acid groups (broad SMARTS) is 1. The third-order valence-electron chi connectivity index (χ3n) is 2.44. The second-order valence-corrected chi connectivity index (χ2v) is 4.75. The summed E-state index contributed by atoms with van der Waals surface area (Å²) in [7, 11) is 0. The molecule has 0 spiro atoms. The van der Waals surface area contributed by atoms with Crippen molar-refractivity contribution in [2.45, 2.75) is 17.7 Å². The van der Waals surface area contributed by atoms with Gasteiger partial charge in [0.05, 0.1) is 11.3 Å². The Hall–Kier alpha value is -2.15. The molecule has 1 aromatic heterocycles. The van der Waals surface area contributed by atoms with Crippen molar-refractivity contribution < 1.29 is 9.90 Å². The molecule has 0 radical (unpaired) electrons. The van der Waals surface area contributed by atoms with E-state index in [4.69, 9.17) is 5.11 Å². The predicted octanol–water partition coefficient (Wildman–Crippen LogP) is 1.46. The van der Waals surface area contributed by atoms with E-state index < -0.39 is 11.7 Å². The van der Waals surface area contributed by atoms with Crippen LogP contribution in [0.3, 0.4) is 0 Å². The number of rotatable bonds is 4. The van der Waals surface area contributed by atoms with Gasteiger partial charge >= 0.3 is 11.7 Å². The summed E-state index contributed by atoms with van der Waals surface area (Å²) in [6.45, 7) is 1.73. The zero-order valence-electron chi connectivity index (χ0n) is 10.1. The molecule has 2 aromatic rings. The van der Waals surface area contributed by atoms with Gasteiger partial charge < -0.3 is 5.11 Å². The Morgan fingerprint density at radius 3 is 2.89 bits per heavy atom. The van der Waals surface area contributed by atoms with E-state index in [1.807, 2.05) is 0 Å². The van der Waals surface area contributed by atoms with Gasteiger partial charge in [-0.3, -0.25) is 0 Å². The largest absolute Gasteiger partial charge is 0.478 e. The molecule has 2 N–H and O–H groups in total. The maximum absolute atomic E-state index is 11.1. The number of benzene rings is 1. The maximum atomic E-state index is 11.1. The highest BCUT2D eigenvalue weighted by Gasteiger charge is 2.10. The van der Waals surface area contributed by atoms with E-state index in [1.165, 1.54) is 11.8 Å². The first-order valence-electron chi connectivity index (χ1n) is 5.45. The Kier molecular flexibility index (Phi) is 3.96. The number of thioether (sulfide) groups is 1. The van der Waals surface area contributed by atoms with Crippen LogP contribution in [0.15, 0.2) is 34.1 Å². The van der Waals surface area contributed by atoms with E-state index in [-0.39, 0.29) is 5.56 Å². The molecule has 0 saturated heterocycles. The van der Waals surface area contributed by atoms with Crippen LogP contribution in [-0.2, 0) is 5.75 Å². The molecule has 19 heavy (non-hydrogen) atoms. The molecule has 98 valence electrons. The average molecular weight is 277 g/mol. The summed E-state index contributed by atoms with van der Waals surface area (Å²) in [6.07, 6.45) is 0. The van der Waals surface area contributed by atoms with Gasteiger partial charge in [-0.25, -0.2) is 14.7 Å². The summed E-state index contributed by atoms with van der Waals surface area (Å²) in [4.78, 5) is 26.0. The normalized spacial score (nSPS) is 10.4. The van der Waals surface area contributed by atoms with E-state index in [1.54, 1.807) is 31.2 Å². The van der Waals surface area contributed by atoms with Gasteiger partial charge in [0.1, 0.15) is 5.03 Å². The topological polar surface area (TPSA) is 95.9 Å². The Bertz CT molecular complexity index is 669. The summed E-state index contributed by atoms with van der Waals surface area (Å²) >= 11 is 1.29. The number of carbonyl (C=O) groups is 1. The molecular weight excluding hydrogens is 266 g/mol. The van der Waals surface area contributed by atoms with Crippen molar-refractivity contribution in [3.05, 3.63) is 51.6 Å². The summed E-state index contributed by atoms with van der Waals surface area (Å²) in [6, 6.07) is 6.75. The molecule has 0 unspecified atom stereocenters. The lowest BCUT2D eigenvalue weighted by molar-refractivity contribution is 0.0696. The molecular formula is C12H11N3O3S. The average Bonchev–Trinajstić information content (AvgIpc) is 2.40. The lowest BCUT2D eigenvalue weighted by Gasteiger charge is -2.05. The number of aromatic nitrogens is 3. The molecule has 0 bridgehead atoms. The highest BCUT2D eigenvalue weighted by molar-refractivity contribution is 7.98. The third-order valence-corrected chi connectivity index (χ3v) is 3.56. The summed E-state index contributed by atoms with van der Waals surface area (Å²) in [5.41, 5.74) is 1.03. The van der Waals surface area contributed by atoms with Crippen molar-refractivity contribution in [3.63, 3.8) is 0 Å². The molecule has 0 aliphatic carbocycles. The van der Waals surface area contributed by atoms with Crippen molar-refractivity contribution in [1.82, 2.24) is 15.2 Å². The number of nitrogens with zero attached hydrogens (tertiary/aromatic N) is 2. The van der Waals surface area contributed by atoms with Gasteiger partial charge in [0.25, 0.3) is 0 Å². The molecule has 1 heterocycles. The Balaban J connectivity index is 2.21. The predicted molar refractivity (Wildman–Crippen MR) is 70.4 cm³/mol. The number of hydrogen-bond donors (Lipinski definition) is 2. The molecule has 7 heteroatoms. The molecule has 0 atom stereocenters. The number of aromatic amines is 1. The van der Waals surface area contributed by atoms with Gasteiger partial charge in [0.2, 0.25) is 0 Å². The first-order chi connectivity index (χ1) is 9.08. The number of H-pyrrole nitrogens is 1. The Morgan fingerprint density at radius 2 is 2.16 bits per heavy atom. The fraction of sp³-hybridized carbons (Fsp3) is 0.167. The summed E-state index contributed by atoms with van der Waals surface area (Å²) in [5, 5.41) is 15.6. The minimum atomic E-state index is -0.968. The van der Waals surface area contributed by atoms with E-state index in [0.717, 1.165) is 0 Å². The second kappa shape index (κ2) is 5.66. The SMILES string of the molecule is Cc1n[nH]c(=O)nc1SCc1ccccc1C(=O)O. The van der Waals surface area contributed by atoms with Crippen LogP contribution in [0.2, 0.25) is 0 Å². The van der Waals surface area contributed by atoms with Gasteiger partial charge in [-0.05, 0) is 18.6 Å². The van der Waals surface area contributed by atoms with Crippen molar-refractivity contribution in [2.75, 3.05) is 0 Å². The lowest BCUT2D eigenvalue weighted by atomic mass is 10.1. The molecule has 1 aromatic carbocycles. The first kappa shape index (κ1) is 13.3. The summed E-state index contributed by atoms with van der Waals surface area (Å²) < 4.78 is 0. The van der Waals surface area contributed by atoms with E-state index in [2.05, 4.69) is 15.2 Å². The van der Waals surface area contributed by atoms with Gasteiger partial charge in [-0.1, -0.05) is 30.0 Å². The molecule has 0 fully saturated rings. The molecule has 0 amide bonds. The van der Waals surface area contributed by atoms with Crippen molar-refractivity contribution >= 4 is 17.7 Å². The monoisotopic (exact) mass is 277 g/mol. The Labute approximate surface area is 112 Å². The minimum absolute atomic E-state index is 0.255. The third kappa shape index (κ3) is 3.19. The molecule has 2 rings (SSSR count). The van der Waals surface area contributed by atoms with Crippen LogP contribution in [0.25, 0.3) is 0 Å². The first-order valence-corrected chi connectivity index (χ1v) is 6.44. The molecule has 6 nitrogen and oxygen atoms in total. The zero-order chi connectivity index (χ0) is 13.8. The molecule has 0 aliphatic rings. The van der Waals surface area contributed by atoms with Crippen LogP contribution in [-0.4, -0.2) is 26.3 Å². The minimum Gasteiger partial charge on any atom is -0.478 e. The van der Waals surface area contributed by atoms with Crippen LogP contribution in [0.4, 0.5) is 0 Å². The van der Waals surface area contributed by atoms with Crippen LogP contribution >= 0.6 is 11.8 Å². The van der Waals surface area contributed by atoms with Crippen LogP contribution < -0.4 is 5.69 Å². The molecule has 0 aliphatic heterocycles. The van der Waals surface area contributed by atoms with Gasteiger partial charge in [-0.15, -0.1) is 0 Å². The highest BCUT2D eigenvalue weighted by atomic mass is 32.2. The fourth-order valence-electron chi connectivity index (χ4n) is 1.52. The Morgan fingerprint density at radius 1 is 1.42 bits per heavy atom. The van der Waals surface area contributed by atoms with Gasteiger partial charge in [0, 0.05) is 5.75 Å².